The maximum absolute atomic E-state index is 5.08. The van der Waals surface area contributed by atoms with Gasteiger partial charge < -0.3 is 5.32 Å². The lowest BCUT2D eigenvalue weighted by molar-refractivity contribution is 0.578. The largest absolute Gasteiger partial charge is 0.305 e. The summed E-state index contributed by atoms with van der Waals surface area (Å²) in [5.74, 6) is 2.55. The monoisotopic (exact) mass is 135 g/mol. The molecule has 1 fully saturated rings. The van der Waals surface area contributed by atoms with Gasteiger partial charge in [-0.2, -0.15) is 0 Å². The van der Waals surface area contributed by atoms with E-state index in [-0.39, 0.29) is 0 Å². The minimum absolute atomic E-state index is 0.400. The summed E-state index contributed by atoms with van der Waals surface area (Å²) in [6.07, 6.45) is 9.66. The van der Waals surface area contributed by atoms with Crippen molar-refractivity contribution in [3.8, 4) is 12.3 Å². The van der Waals surface area contributed by atoms with Crippen LogP contribution < -0.4 is 5.32 Å². The van der Waals surface area contributed by atoms with Crippen LogP contribution >= 0.6 is 0 Å². The summed E-state index contributed by atoms with van der Waals surface area (Å²) in [5, 5.41) is 3.18. The highest BCUT2D eigenvalue weighted by Crippen LogP contribution is 2.45. The summed E-state index contributed by atoms with van der Waals surface area (Å²) in [7, 11) is 0. The Balaban J connectivity index is 2.14. The summed E-state index contributed by atoms with van der Waals surface area (Å²) < 4.78 is 0. The van der Waals surface area contributed by atoms with Crippen LogP contribution in [-0.2, 0) is 0 Å². The SMILES string of the molecule is C#CCNCC1(C=C)CC1. The van der Waals surface area contributed by atoms with Gasteiger partial charge >= 0.3 is 0 Å². The van der Waals surface area contributed by atoms with Gasteiger partial charge in [0.05, 0.1) is 6.54 Å². The third-order valence-electron chi connectivity index (χ3n) is 2.03. The fourth-order valence-electron chi connectivity index (χ4n) is 0.997. The van der Waals surface area contributed by atoms with Gasteiger partial charge in [0.15, 0.2) is 0 Å². The summed E-state index contributed by atoms with van der Waals surface area (Å²) in [5.41, 5.74) is 0.400. The van der Waals surface area contributed by atoms with Crippen molar-refractivity contribution in [2.24, 2.45) is 5.41 Å². The van der Waals surface area contributed by atoms with Crippen LogP contribution in [-0.4, -0.2) is 13.1 Å². The molecule has 0 aromatic rings. The van der Waals surface area contributed by atoms with Crippen LogP contribution in [0.1, 0.15) is 12.8 Å². The average Bonchev–Trinajstić information content (AvgIpc) is 2.70. The number of nitrogens with one attached hydrogen (secondary N) is 1. The van der Waals surface area contributed by atoms with Crippen LogP contribution in [0.2, 0.25) is 0 Å². The standard InChI is InChI=1S/C9H13N/c1-3-7-10-8-9(4-2)5-6-9/h1,4,10H,2,5-8H2. The van der Waals surface area contributed by atoms with Crippen molar-refractivity contribution in [2.45, 2.75) is 12.8 Å². The number of hydrogen-bond acceptors (Lipinski definition) is 1. The highest BCUT2D eigenvalue weighted by atomic mass is 14.9. The highest BCUT2D eigenvalue weighted by Gasteiger charge is 2.38. The van der Waals surface area contributed by atoms with Gasteiger partial charge in [-0.15, -0.1) is 13.0 Å². The van der Waals surface area contributed by atoms with Crippen LogP contribution in [0, 0.1) is 17.8 Å². The maximum atomic E-state index is 5.08. The Hall–Kier alpha value is -0.740. The number of rotatable bonds is 4. The van der Waals surface area contributed by atoms with E-state index in [9.17, 15) is 0 Å². The highest BCUT2D eigenvalue weighted by molar-refractivity contribution is 5.07. The van der Waals surface area contributed by atoms with E-state index in [0.29, 0.717) is 12.0 Å². The smallest absolute Gasteiger partial charge is 0.0574 e. The van der Waals surface area contributed by atoms with Crippen LogP contribution in [0.3, 0.4) is 0 Å². The normalized spacial score (nSPS) is 19.5. The van der Waals surface area contributed by atoms with E-state index in [1.807, 2.05) is 6.08 Å². The second-order valence-electron chi connectivity index (χ2n) is 2.87. The minimum Gasteiger partial charge on any atom is -0.305 e. The van der Waals surface area contributed by atoms with Crippen molar-refractivity contribution in [1.29, 1.82) is 0 Å². The van der Waals surface area contributed by atoms with Gasteiger partial charge in [0.2, 0.25) is 0 Å². The molecule has 10 heavy (non-hydrogen) atoms. The molecule has 0 aliphatic heterocycles. The molecule has 1 rings (SSSR count). The van der Waals surface area contributed by atoms with Gasteiger partial charge in [0.1, 0.15) is 0 Å². The molecule has 0 heterocycles. The second-order valence-corrected chi connectivity index (χ2v) is 2.87. The fourth-order valence-corrected chi connectivity index (χ4v) is 0.997. The van der Waals surface area contributed by atoms with Crippen molar-refractivity contribution in [3.63, 3.8) is 0 Å². The molecule has 0 aromatic heterocycles. The Kier molecular flexibility index (Phi) is 2.13. The minimum atomic E-state index is 0.400. The van der Waals surface area contributed by atoms with Gasteiger partial charge in [-0.3, -0.25) is 0 Å². The van der Waals surface area contributed by atoms with E-state index in [1.165, 1.54) is 12.8 Å². The average molecular weight is 135 g/mol. The molecule has 0 bridgehead atoms. The molecule has 0 aromatic carbocycles. The maximum Gasteiger partial charge on any atom is 0.0574 e. The summed E-state index contributed by atoms with van der Waals surface area (Å²) in [4.78, 5) is 0. The Labute approximate surface area is 62.5 Å². The van der Waals surface area contributed by atoms with Crippen LogP contribution in [0.15, 0.2) is 12.7 Å². The van der Waals surface area contributed by atoms with Crippen molar-refractivity contribution >= 4 is 0 Å². The van der Waals surface area contributed by atoms with E-state index < -0.39 is 0 Å². The van der Waals surface area contributed by atoms with E-state index in [4.69, 9.17) is 6.42 Å². The zero-order valence-electron chi connectivity index (χ0n) is 6.19. The van der Waals surface area contributed by atoms with Gasteiger partial charge in [0, 0.05) is 12.0 Å². The molecule has 1 saturated carbocycles. The van der Waals surface area contributed by atoms with Crippen LogP contribution in [0.25, 0.3) is 0 Å². The van der Waals surface area contributed by atoms with Crippen molar-refractivity contribution in [1.82, 2.24) is 5.32 Å². The fraction of sp³-hybridized carbons (Fsp3) is 0.556. The van der Waals surface area contributed by atoms with Crippen LogP contribution in [0.4, 0.5) is 0 Å². The van der Waals surface area contributed by atoms with Gasteiger partial charge in [-0.05, 0) is 12.8 Å². The molecule has 1 nitrogen and oxygen atoms in total. The second kappa shape index (κ2) is 2.90. The zero-order valence-corrected chi connectivity index (χ0v) is 6.19. The Bertz CT molecular complexity index is 160. The molecule has 0 atom stereocenters. The number of terminal acetylenes is 1. The molecule has 1 N–H and O–H groups in total. The van der Waals surface area contributed by atoms with Gasteiger partial charge in [-0.1, -0.05) is 12.0 Å². The van der Waals surface area contributed by atoms with Gasteiger partial charge in [0.25, 0.3) is 0 Å². The Morgan fingerprint density at radius 2 is 2.40 bits per heavy atom. The summed E-state index contributed by atoms with van der Waals surface area (Å²) in [6, 6.07) is 0. The molecule has 0 radical (unpaired) electrons. The van der Waals surface area contributed by atoms with E-state index in [2.05, 4.69) is 17.8 Å². The molecule has 1 aliphatic carbocycles. The molecule has 0 amide bonds. The van der Waals surface area contributed by atoms with Crippen molar-refractivity contribution < 1.29 is 0 Å². The molecular formula is C9H13N. The first-order valence-electron chi connectivity index (χ1n) is 3.61. The predicted octanol–water partition coefficient (Wildman–Crippen LogP) is 1.18. The molecule has 1 aliphatic rings. The van der Waals surface area contributed by atoms with E-state index in [0.717, 1.165) is 6.54 Å². The summed E-state index contributed by atoms with van der Waals surface area (Å²) >= 11 is 0. The first-order chi connectivity index (χ1) is 4.83. The Morgan fingerprint density at radius 3 is 2.80 bits per heavy atom. The molecule has 54 valence electrons. The topological polar surface area (TPSA) is 12.0 Å². The van der Waals surface area contributed by atoms with Crippen molar-refractivity contribution in [3.05, 3.63) is 12.7 Å². The molecule has 1 heteroatoms. The molecular weight excluding hydrogens is 122 g/mol. The van der Waals surface area contributed by atoms with E-state index >= 15 is 0 Å². The van der Waals surface area contributed by atoms with Gasteiger partial charge in [-0.25, -0.2) is 0 Å². The third-order valence-corrected chi connectivity index (χ3v) is 2.03. The molecule has 0 saturated heterocycles. The Morgan fingerprint density at radius 1 is 1.70 bits per heavy atom. The lowest BCUT2D eigenvalue weighted by atomic mass is 10.1. The zero-order chi connectivity index (χ0) is 7.45. The van der Waals surface area contributed by atoms with Crippen LogP contribution in [0.5, 0.6) is 0 Å². The first-order valence-corrected chi connectivity index (χ1v) is 3.61. The number of hydrogen-bond donors (Lipinski definition) is 1. The third kappa shape index (κ3) is 1.62. The molecule has 0 unspecified atom stereocenters. The lowest BCUT2D eigenvalue weighted by Crippen LogP contribution is -2.22. The first kappa shape index (κ1) is 7.37. The quantitative estimate of drug-likeness (QED) is 0.347. The molecule has 0 spiro atoms. The van der Waals surface area contributed by atoms with Crippen molar-refractivity contribution in [2.75, 3.05) is 13.1 Å². The lowest BCUT2D eigenvalue weighted by Gasteiger charge is -2.07. The van der Waals surface area contributed by atoms with E-state index in [1.54, 1.807) is 0 Å². The summed E-state index contributed by atoms with van der Waals surface area (Å²) in [6.45, 7) is 5.46. The predicted molar refractivity (Wildman–Crippen MR) is 43.6 cm³/mol.